The van der Waals surface area contributed by atoms with Crippen molar-refractivity contribution in [1.82, 2.24) is 4.57 Å². The van der Waals surface area contributed by atoms with E-state index >= 15 is 0 Å². The van der Waals surface area contributed by atoms with Gasteiger partial charge < -0.3 is 10.3 Å². The number of benzene rings is 2. The predicted molar refractivity (Wildman–Crippen MR) is 82.1 cm³/mol. The van der Waals surface area contributed by atoms with E-state index < -0.39 is 0 Å². The highest BCUT2D eigenvalue weighted by molar-refractivity contribution is 6.03. The molecule has 2 N–H and O–H groups in total. The van der Waals surface area contributed by atoms with Gasteiger partial charge >= 0.3 is 0 Å². The first kappa shape index (κ1) is 11.8. The van der Waals surface area contributed by atoms with Gasteiger partial charge in [-0.3, -0.25) is 0 Å². The van der Waals surface area contributed by atoms with Crippen LogP contribution in [0.5, 0.6) is 0 Å². The maximum absolute atomic E-state index is 6.33. The molecular weight excluding hydrogens is 232 g/mol. The van der Waals surface area contributed by atoms with E-state index in [4.69, 9.17) is 5.73 Å². The first-order valence-electron chi connectivity index (χ1n) is 6.75. The SMILES string of the molecule is CCCn1c(N)c2ccccc2c1-c1ccccc1. The second-order valence-corrected chi connectivity index (χ2v) is 4.80. The number of hydrogen-bond donors (Lipinski definition) is 1. The summed E-state index contributed by atoms with van der Waals surface area (Å²) in [6.45, 7) is 3.13. The molecule has 2 heteroatoms. The Hall–Kier alpha value is -2.22. The standard InChI is InChI=1S/C17H18N2/c1-2-12-19-16(13-8-4-3-5-9-13)14-10-6-7-11-15(14)17(19)18/h3-11H,2,12,18H2,1H3. The average Bonchev–Trinajstić information content (AvgIpc) is 2.74. The summed E-state index contributed by atoms with van der Waals surface area (Å²) in [5.74, 6) is 0.872. The second-order valence-electron chi connectivity index (χ2n) is 4.80. The molecule has 0 aliphatic rings. The number of fused-ring (bicyclic) bond motifs is 1. The summed E-state index contributed by atoms with van der Waals surface area (Å²) in [4.78, 5) is 0. The number of aromatic nitrogens is 1. The third-order valence-electron chi connectivity index (χ3n) is 3.51. The first-order chi connectivity index (χ1) is 9.33. The molecule has 0 fully saturated rings. The quantitative estimate of drug-likeness (QED) is 0.738. The van der Waals surface area contributed by atoms with Gasteiger partial charge in [0.1, 0.15) is 5.82 Å². The molecule has 2 aromatic carbocycles. The van der Waals surface area contributed by atoms with Gasteiger partial charge in [0.15, 0.2) is 0 Å². The van der Waals surface area contributed by atoms with Gasteiger partial charge in [0.2, 0.25) is 0 Å². The van der Waals surface area contributed by atoms with Crippen molar-refractivity contribution in [1.29, 1.82) is 0 Å². The van der Waals surface area contributed by atoms with E-state index in [-0.39, 0.29) is 0 Å². The van der Waals surface area contributed by atoms with E-state index in [1.165, 1.54) is 16.6 Å². The molecule has 96 valence electrons. The van der Waals surface area contributed by atoms with Gasteiger partial charge in [0.25, 0.3) is 0 Å². The Morgan fingerprint density at radius 3 is 2.21 bits per heavy atom. The minimum absolute atomic E-state index is 0.872. The third kappa shape index (κ3) is 1.89. The number of rotatable bonds is 3. The van der Waals surface area contributed by atoms with E-state index in [1.807, 2.05) is 12.1 Å². The molecule has 0 bridgehead atoms. The van der Waals surface area contributed by atoms with Crippen molar-refractivity contribution in [2.75, 3.05) is 5.73 Å². The largest absolute Gasteiger partial charge is 0.385 e. The van der Waals surface area contributed by atoms with Crippen LogP contribution in [-0.2, 0) is 6.54 Å². The van der Waals surface area contributed by atoms with Crippen molar-refractivity contribution < 1.29 is 0 Å². The molecule has 0 aliphatic carbocycles. The molecule has 3 aromatic rings. The van der Waals surface area contributed by atoms with E-state index in [0.717, 1.165) is 24.2 Å². The van der Waals surface area contributed by atoms with Crippen LogP contribution in [0.25, 0.3) is 22.0 Å². The summed E-state index contributed by atoms with van der Waals surface area (Å²) in [5.41, 5.74) is 8.78. The number of nitrogens with two attached hydrogens (primary N) is 1. The highest BCUT2D eigenvalue weighted by Crippen LogP contribution is 2.35. The maximum atomic E-state index is 6.33. The van der Waals surface area contributed by atoms with Crippen LogP contribution in [0.1, 0.15) is 13.3 Å². The fourth-order valence-corrected chi connectivity index (χ4v) is 2.69. The summed E-state index contributed by atoms with van der Waals surface area (Å²) in [6, 6.07) is 18.9. The summed E-state index contributed by atoms with van der Waals surface area (Å²) in [7, 11) is 0. The summed E-state index contributed by atoms with van der Waals surface area (Å²) >= 11 is 0. The minimum atomic E-state index is 0.872. The van der Waals surface area contributed by atoms with Crippen molar-refractivity contribution in [3.05, 3.63) is 54.6 Å². The minimum Gasteiger partial charge on any atom is -0.385 e. The summed E-state index contributed by atoms with van der Waals surface area (Å²) in [5, 5.41) is 2.38. The lowest BCUT2D eigenvalue weighted by atomic mass is 10.1. The second kappa shape index (κ2) is 4.81. The van der Waals surface area contributed by atoms with Crippen LogP contribution in [0.3, 0.4) is 0 Å². The Labute approximate surface area is 113 Å². The molecule has 0 saturated heterocycles. The van der Waals surface area contributed by atoms with Crippen molar-refractivity contribution in [3.8, 4) is 11.3 Å². The molecule has 2 nitrogen and oxygen atoms in total. The number of nitrogens with zero attached hydrogens (tertiary/aromatic N) is 1. The molecule has 0 radical (unpaired) electrons. The molecule has 0 unspecified atom stereocenters. The zero-order chi connectivity index (χ0) is 13.2. The average molecular weight is 250 g/mol. The third-order valence-corrected chi connectivity index (χ3v) is 3.51. The lowest BCUT2D eigenvalue weighted by molar-refractivity contribution is 0.699. The zero-order valence-corrected chi connectivity index (χ0v) is 11.1. The number of hydrogen-bond acceptors (Lipinski definition) is 1. The highest BCUT2D eigenvalue weighted by Gasteiger charge is 2.14. The van der Waals surface area contributed by atoms with Crippen LogP contribution in [0.2, 0.25) is 0 Å². The molecule has 0 saturated carbocycles. The molecule has 0 amide bonds. The van der Waals surface area contributed by atoms with Crippen LogP contribution >= 0.6 is 0 Å². The van der Waals surface area contributed by atoms with Gasteiger partial charge in [0.05, 0.1) is 5.69 Å². The first-order valence-corrected chi connectivity index (χ1v) is 6.75. The lowest BCUT2D eigenvalue weighted by Crippen LogP contribution is -2.03. The predicted octanol–water partition coefficient (Wildman–Crippen LogP) is 4.30. The molecule has 0 spiro atoms. The maximum Gasteiger partial charge on any atom is 0.111 e. The van der Waals surface area contributed by atoms with E-state index in [0.29, 0.717) is 0 Å². The smallest absolute Gasteiger partial charge is 0.111 e. The van der Waals surface area contributed by atoms with E-state index in [2.05, 4.69) is 54.0 Å². The normalized spacial score (nSPS) is 11.0. The van der Waals surface area contributed by atoms with Gasteiger partial charge in [-0.25, -0.2) is 0 Å². The molecule has 0 aliphatic heterocycles. The van der Waals surface area contributed by atoms with Crippen LogP contribution in [-0.4, -0.2) is 4.57 Å². The molecule has 19 heavy (non-hydrogen) atoms. The van der Waals surface area contributed by atoms with Crippen molar-refractivity contribution in [2.45, 2.75) is 19.9 Å². The monoisotopic (exact) mass is 250 g/mol. The Balaban J connectivity index is 2.35. The van der Waals surface area contributed by atoms with Crippen LogP contribution in [0.4, 0.5) is 5.82 Å². The molecule has 3 rings (SSSR count). The lowest BCUT2D eigenvalue weighted by Gasteiger charge is -2.10. The Kier molecular flexibility index (Phi) is 3.00. The number of nitrogen functional groups attached to an aromatic ring is 1. The molecule has 1 heterocycles. The van der Waals surface area contributed by atoms with Crippen LogP contribution < -0.4 is 5.73 Å². The topological polar surface area (TPSA) is 30.9 Å². The Bertz CT molecular complexity index is 696. The van der Waals surface area contributed by atoms with E-state index in [9.17, 15) is 0 Å². The summed E-state index contributed by atoms with van der Waals surface area (Å²) < 4.78 is 2.24. The van der Waals surface area contributed by atoms with Crippen LogP contribution in [0.15, 0.2) is 54.6 Å². The van der Waals surface area contributed by atoms with Gasteiger partial charge in [-0.2, -0.15) is 0 Å². The molecule has 0 atom stereocenters. The Morgan fingerprint density at radius 1 is 0.895 bits per heavy atom. The van der Waals surface area contributed by atoms with Gasteiger partial charge in [-0.05, 0) is 12.0 Å². The van der Waals surface area contributed by atoms with Crippen molar-refractivity contribution in [2.24, 2.45) is 0 Å². The molecular formula is C17H18N2. The molecule has 1 aromatic heterocycles. The number of anilines is 1. The fraction of sp³-hybridized carbons (Fsp3) is 0.176. The highest BCUT2D eigenvalue weighted by atomic mass is 15.1. The van der Waals surface area contributed by atoms with Gasteiger partial charge in [-0.1, -0.05) is 61.5 Å². The zero-order valence-electron chi connectivity index (χ0n) is 11.1. The van der Waals surface area contributed by atoms with Gasteiger partial charge in [0, 0.05) is 17.3 Å². The van der Waals surface area contributed by atoms with Gasteiger partial charge in [-0.15, -0.1) is 0 Å². The van der Waals surface area contributed by atoms with Crippen LogP contribution in [0, 0.1) is 0 Å². The van der Waals surface area contributed by atoms with E-state index in [1.54, 1.807) is 0 Å². The fourth-order valence-electron chi connectivity index (χ4n) is 2.69. The summed E-state index contributed by atoms with van der Waals surface area (Å²) in [6.07, 6.45) is 1.07. The van der Waals surface area contributed by atoms with Crippen molar-refractivity contribution >= 4 is 16.6 Å². The van der Waals surface area contributed by atoms with Crippen molar-refractivity contribution in [3.63, 3.8) is 0 Å². The Morgan fingerprint density at radius 2 is 1.53 bits per heavy atom.